The highest BCUT2D eigenvalue weighted by Crippen LogP contribution is 2.27. The smallest absolute Gasteiger partial charge is 0.0130 e. The molecule has 1 aliphatic rings. The number of unbranched alkanes of at least 4 members (excludes halogenated alkanes) is 6. The van der Waals surface area contributed by atoms with E-state index >= 15 is 0 Å². The summed E-state index contributed by atoms with van der Waals surface area (Å²) in [7, 11) is 1.01. The van der Waals surface area contributed by atoms with E-state index in [0.717, 1.165) is 8.58 Å². The molecule has 0 bridgehead atoms. The van der Waals surface area contributed by atoms with Gasteiger partial charge in [-0.05, 0) is 49.1 Å². The van der Waals surface area contributed by atoms with Crippen LogP contribution in [0.3, 0.4) is 0 Å². The number of hydrogen-bond acceptors (Lipinski definition) is 0. The minimum absolute atomic E-state index is 1.01. The molecule has 132 valence electrons. The van der Waals surface area contributed by atoms with Crippen molar-refractivity contribution in [1.82, 2.24) is 0 Å². The van der Waals surface area contributed by atoms with E-state index in [4.69, 9.17) is 0 Å². The van der Waals surface area contributed by atoms with Gasteiger partial charge >= 0.3 is 0 Å². The second-order valence-corrected chi connectivity index (χ2v) is 8.43. The third-order valence-electron chi connectivity index (χ3n) is 4.91. The second kappa shape index (κ2) is 12.5. The number of rotatable bonds is 13. The number of allylic oxidation sites excluding steroid dienone is 4. The molecule has 0 saturated heterocycles. The minimum atomic E-state index is 1.01. The summed E-state index contributed by atoms with van der Waals surface area (Å²) in [5, 5.41) is 1.52. The first-order valence-corrected chi connectivity index (χ1v) is 11.3. The first-order valence-electron chi connectivity index (χ1n) is 10.1. The Balaban J connectivity index is 1.40. The van der Waals surface area contributed by atoms with Crippen LogP contribution in [-0.2, 0) is 0 Å². The molecule has 0 heterocycles. The van der Waals surface area contributed by atoms with Gasteiger partial charge in [0, 0.05) is 0 Å². The lowest BCUT2D eigenvalue weighted by molar-refractivity contribution is 0.588. The lowest BCUT2D eigenvalue weighted by Gasteiger charge is -2.07. The summed E-state index contributed by atoms with van der Waals surface area (Å²) in [6.07, 6.45) is 21.2. The third-order valence-corrected chi connectivity index (χ3v) is 6.26. The van der Waals surface area contributed by atoms with Gasteiger partial charge < -0.3 is 0 Å². The van der Waals surface area contributed by atoms with E-state index in [1.807, 2.05) is 0 Å². The quantitative estimate of drug-likeness (QED) is 0.263. The lowest BCUT2D eigenvalue weighted by atomic mass is 9.99. The van der Waals surface area contributed by atoms with Crippen molar-refractivity contribution >= 4 is 13.9 Å². The molecule has 0 nitrogen and oxygen atoms in total. The summed E-state index contributed by atoms with van der Waals surface area (Å²) >= 11 is 0. The molecule has 1 aliphatic carbocycles. The molecule has 0 aromatic heterocycles. The second-order valence-electron chi connectivity index (χ2n) is 7.00. The highest BCUT2D eigenvalue weighted by molar-refractivity contribution is 7.47. The normalized spacial score (nSPS) is 14.4. The molecular formula is C23H35P. The average molecular weight is 343 g/mol. The third kappa shape index (κ3) is 7.80. The molecule has 1 aromatic rings. The largest absolute Gasteiger partial charge is 0.0904 e. The topological polar surface area (TPSA) is 0 Å². The van der Waals surface area contributed by atoms with E-state index in [-0.39, 0.29) is 0 Å². The summed E-state index contributed by atoms with van der Waals surface area (Å²) in [4.78, 5) is 0. The molecule has 1 aromatic carbocycles. The zero-order valence-corrected chi connectivity index (χ0v) is 16.5. The Morgan fingerprint density at radius 1 is 0.833 bits per heavy atom. The highest BCUT2D eigenvalue weighted by Gasteiger charge is 2.07. The summed E-state index contributed by atoms with van der Waals surface area (Å²) in [6.45, 7) is 2.29. The Hall–Kier alpha value is -0.870. The van der Waals surface area contributed by atoms with Crippen LogP contribution in [-0.4, -0.2) is 6.16 Å². The molecule has 1 unspecified atom stereocenters. The number of benzene rings is 1. The fraction of sp³-hybridized carbons (Fsp3) is 0.565. The van der Waals surface area contributed by atoms with E-state index in [1.165, 1.54) is 82.1 Å². The summed E-state index contributed by atoms with van der Waals surface area (Å²) in [5.41, 5.74) is 3.38. The molecule has 24 heavy (non-hydrogen) atoms. The van der Waals surface area contributed by atoms with E-state index in [0.29, 0.717) is 0 Å². The molecule has 2 rings (SSSR count). The maximum Gasteiger partial charge on any atom is -0.0130 e. The van der Waals surface area contributed by atoms with Crippen molar-refractivity contribution < 1.29 is 0 Å². The average Bonchev–Trinajstić information content (AvgIpc) is 3.05. The Labute approximate surface area is 151 Å². The Kier molecular flexibility index (Phi) is 10.1. The molecule has 1 atom stereocenters. The standard InChI is InChI=1S/C23H35P/c1-2-14-21-16-13-17-22(21)15-9-6-4-3-5-7-12-20-24-23-18-10-8-11-19-23/h8,10-11,13,16,18-19,24H,2-7,9,12,14-15,17,20H2,1H3. The van der Waals surface area contributed by atoms with E-state index < -0.39 is 0 Å². The maximum atomic E-state index is 2.37. The molecule has 0 aliphatic heterocycles. The van der Waals surface area contributed by atoms with Gasteiger partial charge in [0.15, 0.2) is 0 Å². The van der Waals surface area contributed by atoms with Crippen LogP contribution in [0.25, 0.3) is 0 Å². The zero-order valence-electron chi connectivity index (χ0n) is 15.5. The molecule has 0 radical (unpaired) electrons. The van der Waals surface area contributed by atoms with Crippen LogP contribution < -0.4 is 5.30 Å². The zero-order chi connectivity index (χ0) is 16.9. The van der Waals surface area contributed by atoms with Crippen molar-refractivity contribution in [1.29, 1.82) is 0 Å². The van der Waals surface area contributed by atoms with Crippen LogP contribution in [0.1, 0.15) is 77.6 Å². The Morgan fingerprint density at radius 3 is 2.29 bits per heavy atom. The van der Waals surface area contributed by atoms with Gasteiger partial charge in [-0.25, -0.2) is 0 Å². The van der Waals surface area contributed by atoms with Gasteiger partial charge in [-0.1, -0.05) is 102 Å². The van der Waals surface area contributed by atoms with Crippen LogP contribution >= 0.6 is 8.58 Å². The molecule has 0 fully saturated rings. The molecule has 0 N–H and O–H groups in total. The summed E-state index contributed by atoms with van der Waals surface area (Å²) in [6, 6.07) is 11.0. The van der Waals surface area contributed by atoms with Crippen LogP contribution in [0.15, 0.2) is 53.6 Å². The van der Waals surface area contributed by atoms with Crippen LogP contribution in [0.5, 0.6) is 0 Å². The van der Waals surface area contributed by atoms with Crippen molar-refractivity contribution in [2.45, 2.75) is 77.6 Å². The highest BCUT2D eigenvalue weighted by atomic mass is 31.1. The first kappa shape index (κ1) is 19.5. The Bertz CT molecular complexity index is 498. The van der Waals surface area contributed by atoms with Crippen LogP contribution in [0, 0.1) is 0 Å². The predicted molar refractivity (Wildman–Crippen MR) is 112 cm³/mol. The van der Waals surface area contributed by atoms with Gasteiger partial charge in [-0.3, -0.25) is 0 Å². The van der Waals surface area contributed by atoms with Gasteiger partial charge in [0.25, 0.3) is 0 Å². The fourth-order valence-electron chi connectivity index (χ4n) is 3.52. The van der Waals surface area contributed by atoms with E-state index in [9.17, 15) is 0 Å². The van der Waals surface area contributed by atoms with Crippen LogP contribution in [0.4, 0.5) is 0 Å². The fourth-order valence-corrected chi connectivity index (χ4v) is 4.66. The molecule has 0 spiro atoms. The molecule has 1 heteroatoms. The van der Waals surface area contributed by atoms with Gasteiger partial charge in [-0.2, -0.15) is 0 Å². The molecule has 0 amide bonds. The Morgan fingerprint density at radius 2 is 1.54 bits per heavy atom. The number of hydrogen-bond donors (Lipinski definition) is 0. The minimum Gasteiger partial charge on any atom is -0.0904 e. The summed E-state index contributed by atoms with van der Waals surface area (Å²) in [5.74, 6) is 0. The summed E-state index contributed by atoms with van der Waals surface area (Å²) < 4.78 is 0. The maximum absolute atomic E-state index is 2.37. The first-order chi connectivity index (χ1) is 11.9. The van der Waals surface area contributed by atoms with E-state index in [1.54, 1.807) is 11.1 Å². The van der Waals surface area contributed by atoms with Gasteiger partial charge in [-0.15, -0.1) is 0 Å². The van der Waals surface area contributed by atoms with Crippen molar-refractivity contribution in [3.05, 3.63) is 53.6 Å². The van der Waals surface area contributed by atoms with Crippen molar-refractivity contribution in [3.8, 4) is 0 Å². The SMILES string of the molecule is CCCC1=C(CCCCCCCCCPc2ccccc2)CC=C1. The lowest BCUT2D eigenvalue weighted by Crippen LogP contribution is -1.93. The van der Waals surface area contributed by atoms with Crippen molar-refractivity contribution in [3.63, 3.8) is 0 Å². The molecular weight excluding hydrogens is 307 g/mol. The molecule has 0 saturated carbocycles. The monoisotopic (exact) mass is 342 g/mol. The van der Waals surface area contributed by atoms with Gasteiger partial charge in [0.2, 0.25) is 0 Å². The predicted octanol–water partition coefficient (Wildman–Crippen LogP) is 7.17. The van der Waals surface area contributed by atoms with Crippen molar-refractivity contribution in [2.24, 2.45) is 0 Å². The van der Waals surface area contributed by atoms with E-state index in [2.05, 4.69) is 49.4 Å². The van der Waals surface area contributed by atoms with Crippen molar-refractivity contribution in [2.75, 3.05) is 6.16 Å². The van der Waals surface area contributed by atoms with Gasteiger partial charge in [0.05, 0.1) is 0 Å². The van der Waals surface area contributed by atoms with Gasteiger partial charge in [0.1, 0.15) is 0 Å². The van der Waals surface area contributed by atoms with Crippen LogP contribution in [0.2, 0.25) is 0 Å².